The molecule has 0 aromatic heterocycles. The third kappa shape index (κ3) is 4.17. The van der Waals surface area contributed by atoms with Gasteiger partial charge in [-0.25, -0.2) is 0 Å². The molecule has 0 heterocycles. The Balaban J connectivity index is 2.49. The van der Waals surface area contributed by atoms with Crippen LogP contribution in [-0.2, 0) is 0 Å². The Hall–Kier alpha value is -0.490. The highest BCUT2D eigenvalue weighted by atomic mass is 127. The molecule has 1 aromatic carbocycles. The van der Waals surface area contributed by atoms with E-state index in [0.717, 1.165) is 31.5 Å². The van der Waals surface area contributed by atoms with Gasteiger partial charge in [0.15, 0.2) is 0 Å². The van der Waals surface area contributed by atoms with Crippen molar-refractivity contribution < 1.29 is 5.11 Å². The van der Waals surface area contributed by atoms with Gasteiger partial charge in [0.1, 0.15) is 0 Å². The molecule has 0 atom stereocenters. The fraction of sp³-hybridized carbons (Fsp3) is 0.500. The number of hydrogen-bond donors (Lipinski definition) is 2. The lowest BCUT2D eigenvalue weighted by Crippen LogP contribution is -2.19. The number of nitrogens with two attached hydrogens (primary N) is 1. The molecule has 16 heavy (non-hydrogen) atoms. The molecule has 0 spiro atoms. The number of halogens is 1. The number of nitrogen functional groups attached to an aromatic ring is 1. The molecule has 0 aliphatic rings. The third-order valence-corrected chi connectivity index (χ3v) is 3.40. The second-order valence-electron chi connectivity index (χ2n) is 3.92. The average molecular weight is 334 g/mol. The Labute approximate surface area is 111 Å². The molecular formula is C12H19IN2O. The number of aliphatic hydroxyl groups excluding tert-OH is 1. The fourth-order valence-corrected chi connectivity index (χ4v) is 2.54. The SMILES string of the molecule is CN(CCCCCO)c1ccc(N)cc1I. The van der Waals surface area contributed by atoms with Crippen LogP contribution in [0.2, 0.25) is 0 Å². The predicted octanol–water partition coefficient (Wildman–Crippen LogP) is 2.47. The van der Waals surface area contributed by atoms with Crippen molar-refractivity contribution in [1.29, 1.82) is 0 Å². The van der Waals surface area contributed by atoms with Crippen LogP contribution in [0.5, 0.6) is 0 Å². The van der Waals surface area contributed by atoms with E-state index in [9.17, 15) is 0 Å². The number of benzene rings is 1. The van der Waals surface area contributed by atoms with Crippen LogP contribution in [0.1, 0.15) is 19.3 Å². The summed E-state index contributed by atoms with van der Waals surface area (Å²) in [4.78, 5) is 2.23. The molecule has 0 bridgehead atoms. The zero-order valence-corrected chi connectivity index (χ0v) is 11.8. The Morgan fingerprint density at radius 1 is 1.31 bits per heavy atom. The molecule has 3 nitrogen and oxygen atoms in total. The quantitative estimate of drug-likeness (QED) is 0.477. The summed E-state index contributed by atoms with van der Waals surface area (Å²) in [5.74, 6) is 0. The second-order valence-corrected chi connectivity index (χ2v) is 5.08. The molecule has 0 amide bonds. The number of rotatable bonds is 6. The minimum atomic E-state index is 0.295. The van der Waals surface area contributed by atoms with Gasteiger partial charge in [-0.1, -0.05) is 0 Å². The Morgan fingerprint density at radius 3 is 2.69 bits per heavy atom. The first-order valence-electron chi connectivity index (χ1n) is 5.52. The Morgan fingerprint density at radius 2 is 2.06 bits per heavy atom. The van der Waals surface area contributed by atoms with Crippen LogP contribution in [0, 0.1) is 3.57 Å². The first-order valence-corrected chi connectivity index (χ1v) is 6.60. The summed E-state index contributed by atoms with van der Waals surface area (Å²) >= 11 is 2.31. The normalized spacial score (nSPS) is 10.4. The van der Waals surface area contributed by atoms with E-state index in [1.54, 1.807) is 0 Å². The number of hydrogen-bond acceptors (Lipinski definition) is 3. The van der Waals surface area contributed by atoms with Crippen LogP contribution in [0.4, 0.5) is 11.4 Å². The summed E-state index contributed by atoms with van der Waals surface area (Å²) in [5, 5.41) is 8.69. The van der Waals surface area contributed by atoms with Gasteiger partial charge >= 0.3 is 0 Å². The maximum Gasteiger partial charge on any atom is 0.0500 e. The molecule has 0 aliphatic heterocycles. The number of aliphatic hydroxyl groups is 1. The summed E-state index contributed by atoms with van der Waals surface area (Å²) in [5.41, 5.74) is 7.74. The zero-order chi connectivity index (χ0) is 12.0. The summed E-state index contributed by atoms with van der Waals surface area (Å²) < 4.78 is 1.18. The lowest BCUT2D eigenvalue weighted by Gasteiger charge is -2.20. The maximum absolute atomic E-state index is 8.69. The predicted molar refractivity (Wildman–Crippen MR) is 77.8 cm³/mol. The van der Waals surface area contributed by atoms with Crippen LogP contribution >= 0.6 is 22.6 Å². The average Bonchev–Trinajstić information content (AvgIpc) is 2.24. The van der Waals surface area contributed by atoms with Crippen molar-refractivity contribution in [3.63, 3.8) is 0 Å². The molecule has 0 unspecified atom stereocenters. The highest BCUT2D eigenvalue weighted by Gasteiger charge is 2.05. The minimum absolute atomic E-state index is 0.295. The van der Waals surface area contributed by atoms with E-state index in [2.05, 4.69) is 40.6 Å². The van der Waals surface area contributed by atoms with Crippen LogP contribution in [0.15, 0.2) is 18.2 Å². The number of unbranched alkanes of at least 4 members (excludes halogenated alkanes) is 2. The first kappa shape index (κ1) is 13.6. The van der Waals surface area contributed by atoms with Crippen molar-refractivity contribution >= 4 is 34.0 Å². The standard InChI is InChI=1S/C12H19IN2O/c1-15(7-3-2-4-8-16)12-6-5-10(14)9-11(12)13/h5-6,9,16H,2-4,7-8,14H2,1H3. The largest absolute Gasteiger partial charge is 0.399 e. The van der Waals surface area contributed by atoms with Gasteiger partial charge in [0.05, 0.1) is 5.69 Å². The second kappa shape index (κ2) is 6.96. The molecule has 0 saturated carbocycles. The lowest BCUT2D eigenvalue weighted by atomic mass is 10.2. The van der Waals surface area contributed by atoms with Crippen molar-refractivity contribution in [3.8, 4) is 0 Å². The van der Waals surface area contributed by atoms with E-state index < -0.39 is 0 Å². The highest BCUT2D eigenvalue weighted by Crippen LogP contribution is 2.24. The van der Waals surface area contributed by atoms with Crippen molar-refractivity contribution in [1.82, 2.24) is 0 Å². The van der Waals surface area contributed by atoms with Crippen molar-refractivity contribution in [2.24, 2.45) is 0 Å². The smallest absolute Gasteiger partial charge is 0.0500 e. The summed E-state index contributed by atoms with van der Waals surface area (Å²) in [6, 6.07) is 5.98. The molecule has 1 rings (SSSR count). The van der Waals surface area contributed by atoms with Gasteiger partial charge in [0.25, 0.3) is 0 Å². The number of anilines is 2. The molecule has 90 valence electrons. The van der Waals surface area contributed by atoms with Gasteiger partial charge < -0.3 is 15.7 Å². The Bertz CT molecular complexity index is 331. The topological polar surface area (TPSA) is 49.5 Å². The minimum Gasteiger partial charge on any atom is -0.399 e. The van der Waals surface area contributed by atoms with Gasteiger partial charge in [0, 0.05) is 29.5 Å². The summed E-state index contributed by atoms with van der Waals surface area (Å²) in [6.07, 6.45) is 3.08. The lowest BCUT2D eigenvalue weighted by molar-refractivity contribution is 0.283. The van der Waals surface area contributed by atoms with Crippen molar-refractivity contribution in [2.75, 3.05) is 30.8 Å². The van der Waals surface area contributed by atoms with E-state index in [4.69, 9.17) is 10.8 Å². The van der Waals surface area contributed by atoms with Gasteiger partial charge in [0.2, 0.25) is 0 Å². The molecule has 0 aliphatic carbocycles. The third-order valence-electron chi connectivity index (χ3n) is 2.53. The molecule has 1 aromatic rings. The van der Waals surface area contributed by atoms with Gasteiger partial charge in [-0.05, 0) is 60.1 Å². The monoisotopic (exact) mass is 334 g/mol. The van der Waals surface area contributed by atoms with Crippen molar-refractivity contribution in [2.45, 2.75) is 19.3 Å². The van der Waals surface area contributed by atoms with Gasteiger partial charge in [-0.2, -0.15) is 0 Å². The van der Waals surface area contributed by atoms with Crippen LogP contribution < -0.4 is 10.6 Å². The van der Waals surface area contributed by atoms with E-state index in [0.29, 0.717) is 6.61 Å². The van der Waals surface area contributed by atoms with Crippen molar-refractivity contribution in [3.05, 3.63) is 21.8 Å². The van der Waals surface area contributed by atoms with E-state index >= 15 is 0 Å². The molecule has 3 N–H and O–H groups in total. The van der Waals surface area contributed by atoms with Crippen LogP contribution in [0.3, 0.4) is 0 Å². The summed E-state index contributed by atoms with van der Waals surface area (Å²) in [6.45, 7) is 1.31. The fourth-order valence-electron chi connectivity index (χ4n) is 1.59. The molecule has 0 fully saturated rings. The van der Waals surface area contributed by atoms with Gasteiger partial charge in [-0.3, -0.25) is 0 Å². The Kier molecular flexibility index (Phi) is 5.90. The van der Waals surface area contributed by atoms with Crippen LogP contribution in [0.25, 0.3) is 0 Å². The van der Waals surface area contributed by atoms with Gasteiger partial charge in [-0.15, -0.1) is 0 Å². The van der Waals surface area contributed by atoms with Crippen LogP contribution in [-0.4, -0.2) is 25.3 Å². The van der Waals surface area contributed by atoms with E-state index in [-0.39, 0.29) is 0 Å². The highest BCUT2D eigenvalue weighted by molar-refractivity contribution is 14.1. The molecule has 0 saturated heterocycles. The van der Waals surface area contributed by atoms with E-state index in [1.807, 2.05) is 12.1 Å². The molecule has 4 heteroatoms. The maximum atomic E-state index is 8.69. The number of nitrogens with zero attached hydrogens (tertiary/aromatic N) is 1. The molecule has 0 radical (unpaired) electrons. The zero-order valence-electron chi connectivity index (χ0n) is 9.62. The summed E-state index contributed by atoms with van der Waals surface area (Å²) in [7, 11) is 2.09. The molecular weight excluding hydrogens is 315 g/mol. The first-order chi connectivity index (χ1) is 7.65. The van der Waals surface area contributed by atoms with E-state index in [1.165, 1.54) is 9.26 Å².